The second-order valence-corrected chi connectivity index (χ2v) is 2.71. The van der Waals surface area contributed by atoms with Crippen molar-refractivity contribution >= 4 is 23.4 Å². The minimum absolute atomic E-state index is 0.507. The fourth-order valence-corrected chi connectivity index (χ4v) is 0.784. The molecular formula is C6H10OS. The number of hydrogen-bond donors (Lipinski definition) is 0. The molecule has 0 atom stereocenters. The average molecular weight is 130 g/mol. The lowest BCUT2D eigenvalue weighted by Gasteiger charge is -1.97. The van der Waals surface area contributed by atoms with Crippen molar-refractivity contribution in [2.24, 2.45) is 5.92 Å². The second kappa shape index (κ2) is 3.72. The average Bonchev–Trinajstić information content (AvgIpc) is 1.65. The summed E-state index contributed by atoms with van der Waals surface area (Å²) in [5.74, 6) is 0.507. The lowest BCUT2D eigenvalue weighted by atomic mass is 10.1. The maximum absolute atomic E-state index is 9.90. The Bertz CT molecular complexity index is 96.7. The predicted molar refractivity (Wildman–Crippen MR) is 38.1 cm³/mol. The third-order valence-electron chi connectivity index (χ3n) is 0.741. The molecule has 0 saturated carbocycles. The van der Waals surface area contributed by atoms with Crippen LogP contribution in [0.1, 0.15) is 20.3 Å². The zero-order chi connectivity index (χ0) is 6.57. The summed E-state index contributed by atoms with van der Waals surface area (Å²) in [5, 5.41) is 0. The van der Waals surface area contributed by atoms with Crippen LogP contribution < -0.4 is 0 Å². The van der Waals surface area contributed by atoms with Crippen molar-refractivity contribution in [3.8, 4) is 0 Å². The molecule has 8 heavy (non-hydrogen) atoms. The van der Waals surface area contributed by atoms with E-state index in [0.717, 1.165) is 12.7 Å². The van der Waals surface area contributed by atoms with E-state index >= 15 is 0 Å². The number of hydrogen-bond acceptors (Lipinski definition) is 2. The molecule has 0 heterocycles. The first kappa shape index (κ1) is 7.76. The van der Waals surface area contributed by atoms with Crippen LogP contribution in [0.15, 0.2) is 0 Å². The third-order valence-corrected chi connectivity index (χ3v) is 1.00. The van der Waals surface area contributed by atoms with Gasteiger partial charge in [-0.1, -0.05) is 26.1 Å². The standard InChI is InChI=1S/C6H10OS/c1-5(2)3-6(8)4-7/h4-5H,3H2,1-2H3. The van der Waals surface area contributed by atoms with Crippen molar-refractivity contribution in [2.75, 3.05) is 0 Å². The van der Waals surface area contributed by atoms with Crippen LogP contribution in [0.25, 0.3) is 0 Å². The highest BCUT2D eigenvalue weighted by Crippen LogP contribution is 1.99. The van der Waals surface area contributed by atoms with Gasteiger partial charge in [0.25, 0.3) is 0 Å². The number of thiocarbonyl (C=S) groups is 1. The molecule has 0 unspecified atom stereocenters. The molecule has 2 heteroatoms. The monoisotopic (exact) mass is 130 g/mol. The molecule has 1 nitrogen and oxygen atoms in total. The summed E-state index contributed by atoms with van der Waals surface area (Å²) >= 11 is 4.66. The number of rotatable bonds is 3. The van der Waals surface area contributed by atoms with E-state index < -0.39 is 0 Å². The first-order valence-corrected chi connectivity index (χ1v) is 3.05. The van der Waals surface area contributed by atoms with Crippen molar-refractivity contribution in [2.45, 2.75) is 20.3 Å². The number of carbonyl (C=O) groups excluding carboxylic acids is 1. The highest BCUT2D eigenvalue weighted by Gasteiger charge is 1.96. The molecule has 0 spiro atoms. The van der Waals surface area contributed by atoms with Gasteiger partial charge in [-0.05, 0) is 12.3 Å². The van der Waals surface area contributed by atoms with Gasteiger partial charge in [0.15, 0.2) is 6.29 Å². The van der Waals surface area contributed by atoms with Gasteiger partial charge in [0.1, 0.15) is 0 Å². The Labute approximate surface area is 55.1 Å². The molecule has 0 aromatic rings. The quantitative estimate of drug-likeness (QED) is 0.426. The van der Waals surface area contributed by atoms with Gasteiger partial charge in [-0.25, -0.2) is 0 Å². The molecule has 46 valence electrons. The molecular weight excluding hydrogens is 120 g/mol. The normalized spacial score (nSPS) is 9.38. The van der Waals surface area contributed by atoms with E-state index in [-0.39, 0.29) is 0 Å². The summed E-state index contributed by atoms with van der Waals surface area (Å²) in [6.07, 6.45) is 1.49. The Morgan fingerprint density at radius 2 is 2.25 bits per heavy atom. The second-order valence-electron chi connectivity index (χ2n) is 2.18. The highest BCUT2D eigenvalue weighted by molar-refractivity contribution is 7.81. The van der Waals surface area contributed by atoms with Crippen LogP contribution in [0.5, 0.6) is 0 Å². The van der Waals surface area contributed by atoms with Gasteiger partial charge in [-0.2, -0.15) is 0 Å². The minimum atomic E-state index is 0.507. The van der Waals surface area contributed by atoms with Crippen molar-refractivity contribution in [1.29, 1.82) is 0 Å². The SMILES string of the molecule is CC(C)CC(=S)C=O. The summed E-state index contributed by atoms with van der Waals surface area (Å²) in [7, 11) is 0. The topological polar surface area (TPSA) is 17.1 Å². The van der Waals surface area contributed by atoms with Crippen LogP contribution in [0.2, 0.25) is 0 Å². The van der Waals surface area contributed by atoms with Gasteiger partial charge in [-0.3, -0.25) is 4.79 Å². The van der Waals surface area contributed by atoms with Gasteiger partial charge in [0, 0.05) is 0 Å². The van der Waals surface area contributed by atoms with E-state index in [4.69, 9.17) is 0 Å². The fourth-order valence-electron chi connectivity index (χ4n) is 0.450. The van der Waals surface area contributed by atoms with Gasteiger partial charge in [0.05, 0.1) is 4.86 Å². The van der Waals surface area contributed by atoms with Crippen LogP contribution in [-0.2, 0) is 4.79 Å². The molecule has 0 aliphatic carbocycles. The summed E-state index contributed by atoms with van der Waals surface area (Å²) in [6, 6.07) is 0. The molecule has 0 rings (SSSR count). The number of aldehydes is 1. The van der Waals surface area contributed by atoms with Crippen LogP contribution in [0.4, 0.5) is 0 Å². The van der Waals surface area contributed by atoms with Crippen molar-refractivity contribution in [3.63, 3.8) is 0 Å². The molecule has 0 aromatic heterocycles. The Balaban J connectivity index is 3.39. The van der Waals surface area contributed by atoms with Crippen molar-refractivity contribution in [3.05, 3.63) is 0 Å². The first-order chi connectivity index (χ1) is 3.66. The van der Waals surface area contributed by atoms with Gasteiger partial charge in [-0.15, -0.1) is 0 Å². The third kappa shape index (κ3) is 3.93. The molecule has 0 N–H and O–H groups in total. The van der Waals surface area contributed by atoms with Crippen LogP contribution >= 0.6 is 12.2 Å². The van der Waals surface area contributed by atoms with E-state index in [1.54, 1.807) is 0 Å². The zero-order valence-corrected chi connectivity index (χ0v) is 5.99. The van der Waals surface area contributed by atoms with Crippen LogP contribution in [0.3, 0.4) is 0 Å². The number of carbonyl (C=O) groups is 1. The van der Waals surface area contributed by atoms with E-state index in [9.17, 15) is 4.79 Å². The molecule has 0 radical (unpaired) electrons. The van der Waals surface area contributed by atoms with Crippen LogP contribution in [0, 0.1) is 5.92 Å². The minimum Gasteiger partial charge on any atom is -0.297 e. The molecule has 0 aromatic carbocycles. The summed E-state index contributed by atoms with van der Waals surface area (Å²) < 4.78 is 0. The van der Waals surface area contributed by atoms with Gasteiger partial charge < -0.3 is 0 Å². The van der Waals surface area contributed by atoms with E-state index in [1.165, 1.54) is 0 Å². The Morgan fingerprint density at radius 1 is 1.75 bits per heavy atom. The first-order valence-electron chi connectivity index (χ1n) is 2.65. The Morgan fingerprint density at radius 3 is 2.38 bits per heavy atom. The van der Waals surface area contributed by atoms with E-state index in [0.29, 0.717) is 10.8 Å². The summed E-state index contributed by atoms with van der Waals surface area (Å²) in [6.45, 7) is 4.08. The summed E-state index contributed by atoms with van der Waals surface area (Å²) in [4.78, 5) is 10.4. The summed E-state index contributed by atoms with van der Waals surface area (Å²) in [5.41, 5.74) is 0. The molecule has 0 aliphatic rings. The molecule has 0 bridgehead atoms. The maximum Gasteiger partial charge on any atom is 0.156 e. The molecule has 0 amide bonds. The molecule has 0 saturated heterocycles. The lowest BCUT2D eigenvalue weighted by Crippen LogP contribution is -1.99. The van der Waals surface area contributed by atoms with Crippen LogP contribution in [-0.4, -0.2) is 11.2 Å². The lowest BCUT2D eigenvalue weighted by molar-refractivity contribution is -0.102. The maximum atomic E-state index is 9.90. The molecule has 0 fully saturated rings. The van der Waals surface area contributed by atoms with Crippen molar-refractivity contribution < 1.29 is 4.79 Å². The highest BCUT2D eigenvalue weighted by atomic mass is 32.1. The fraction of sp³-hybridized carbons (Fsp3) is 0.667. The zero-order valence-electron chi connectivity index (χ0n) is 5.18. The van der Waals surface area contributed by atoms with Gasteiger partial charge >= 0.3 is 0 Å². The van der Waals surface area contributed by atoms with E-state index in [2.05, 4.69) is 12.2 Å². The Hall–Kier alpha value is -0.240. The van der Waals surface area contributed by atoms with E-state index in [1.807, 2.05) is 13.8 Å². The smallest absolute Gasteiger partial charge is 0.156 e. The van der Waals surface area contributed by atoms with Gasteiger partial charge in [0.2, 0.25) is 0 Å². The molecule has 0 aliphatic heterocycles. The predicted octanol–water partition coefficient (Wildman–Crippen LogP) is 1.60. The largest absolute Gasteiger partial charge is 0.297 e. The van der Waals surface area contributed by atoms with Crippen molar-refractivity contribution in [1.82, 2.24) is 0 Å². The Kier molecular flexibility index (Phi) is 3.61.